The predicted molar refractivity (Wildman–Crippen MR) is 111 cm³/mol. The molecule has 3 saturated heterocycles. The Hall–Kier alpha value is -0.230. The van der Waals surface area contributed by atoms with Gasteiger partial charge >= 0.3 is 7.82 Å². The molecule has 3 rings (SSSR count). The fourth-order valence-electron chi connectivity index (χ4n) is 4.67. The van der Waals surface area contributed by atoms with Crippen LogP contribution >= 0.6 is 19.6 Å². The molecule has 10 nitrogen and oxygen atoms in total. The molecule has 30 heavy (non-hydrogen) atoms. The number of hydrogen-bond acceptors (Lipinski definition) is 9. The summed E-state index contributed by atoms with van der Waals surface area (Å²) in [5.74, 6) is 0.207. The monoisotopic (exact) mass is 468 g/mol. The van der Waals surface area contributed by atoms with Gasteiger partial charge in [0.15, 0.2) is 0 Å². The number of nitrogens with zero attached hydrogens (tertiary/aromatic N) is 1. The van der Waals surface area contributed by atoms with Crippen LogP contribution in [-0.2, 0) is 23.1 Å². The molecule has 1 amide bonds. The number of hydrogen-bond donors (Lipinski definition) is 4. The molecular formula is C18H33N2O8PS. The molecule has 4 N–H and O–H groups in total. The second-order valence-electron chi connectivity index (χ2n) is 8.42. The number of rotatable bonds is 7. The summed E-state index contributed by atoms with van der Waals surface area (Å²) < 4.78 is 28.1. The van der Waals surface area contributed by atoms with E-state index in [1.165, 1.54) is 18.7 Å². The van der Waals surface area contributed by atoms with E-state index in [-0.39, 0.29) is 11.9 Å². The fourth-order valence-corrected chi connectivity index (χ4v) is 6.50. The maximum atomic E-state index is 13.0. The van der Waals surface area contributed by atoms with Gasteiger partial charge in [0.1, 0.15) is 29.9 Å². The van der Waals surface area contributed by atoms with Crippen molar-refractivity contribution in [1.29, 1.82) is 0 Å². The minimum Gasteiger partial charge on any atom is -0.391 e. The van der Waals surface area contributed by atoms with Gasteiger partial charge in [0.05, 0.1) is 18.2 Å². The molecule has 0 aromatic rings. The van der Waals surface area contributed by atoms with Gasteiger partial charge in [-0.15, -0.1) is 11.8 Å². The summed E-state index contributed by atoms with van der Waals surface area (Å²) in [6, 6.07) is -1.23. The van der Waals surface area contributed by atoms with Gasteiger partial charge < -0.3 is 25.2 Å². The second-order valence-corrected chi connectivity index (χ2v) is 10.7. The number of fused-ring (bicyclic) bond motifs is 1. The van der Waals surface area contributed by atoms with Crippen LogP contribution in [0.25, 0.3) is 0 Å². The maximum absolute atomic E-state index is 13.0. The molecule has 0 bridgehead atoms. The van der Waals surface area contributed by atoms with Gasteiger partial charge in [0, 0.05) is 6.54 Å². The molecule has 3 fully saturated rings. The van der Waals surface area contributed by atoms with Crippen LogP contribution in [0, 0.1) is 5.92 Å². The lowest BCUT2D eigenvalue weighted by atomic mass is 9.92. The fraction of sp³-hybridized carbons (Fsp3) is 0.944. The van der Waals surface area contributed by atoms with Crippen LogP contribution in [0.1, 0.15) is 33.1 Å². The SMILES string of the molecule is CCC[C@@H]1C[C@@H](C(=O)N[C@@H]([C@H]2O[C@H](SC)[C@H](O)[C@H]3OP(=O)(O)O[C@H]32)[C@@H](C)O)N(C)C1. The summed E-state index contributed by atoms with van der Waals surface area (Å²) in [6.07, 6.45) is -0.836. The highest BCUT2D eigenvalue weighted by Crippen LogP contribution is 2.56. The van der Waals surface area contributed by atoms with Crippen LogP contribution in [-0.4, -0.2) is 93.8 Å². The molecule has 3 heterocycles. The molecule has 3 aliphatic heterocycles. The molecular weight excluding hydrogens is 435 g/mol. The molecule has 3 aliphatic rings. The van der Waals surface area contributed by atoms with Crippen LogP contribution in [0.3, 0.4) is 0 Å². The predicted octanol–water partition coefficient (Wildman–Crippen LogP) is 0.306. The Morgan fingerprint density at radius 3 is 2.63 bits per heavy atom. The Labute approximate surface area is 181 Å². The van der Waals surface area contributed by atoms with Crippen LogP contribution in [0.2, 0.25) is 0 Å². The number of likely N-dealkylation sites (N-methyl/N-ethyl adjacent to an activating group) is 1. The van der Waals surface area contributed by atoms with E-state index in [1.807, 2.05) is 11.9 Å². The van der Waals surface area contributed by atoms with E-state index in [0.29, 0.717) is 5.92 Å². The molecule has 10 atom stereocenters. The number of likely N-dealkylation sites (tertiary alicyclic amines) is 1. The van der Waals surface area contributed by atoms with Gasteiger partial charge in [0.25, 0.3) is 0 Å². The summed E-state index contributed by atoms with van der Waals surface area (Å²) in [5, 5.41) is 23.7. The van der Waals surface area contributed by atoms with Crippen LogP contribution < -0.4 is 5.32 Å². The van der Waals surface area contributed by atoms with Gasteiger partial charge in [-0.05, 0) is 39.0 Å². The van der Waals surface area contributed by atoms with E-state index in [0.717, 1.165) is 25.8 Å². The highest BCUT2D eigenvalue weighted by atomic mass is 32.2. The maximum Gasteiger partial charge on any atom is 0.473 e. The Kier molecular flexibility index (Phi) is 7.91. The molecule has 0 aliphatic carbocycles. The smallest absolute Gasteiger partial charge is 0.391 e. The van der Waals surface area contributed by atoms with E-state index in [4.69, 9.17) is 13.8 Å². The Morgan fingerprint density at radius 2 is 2.03 bits per heavy atom. The first-order chi connectivity index (χ1) is 14.1. The highest BCUT2D eigenvalue weighted by Gasteiger charge is 2.58. The number of ether oxygens (including phenoxy) is 1. The lowest BCUT2D eigenvalue weighted by molar-refractivity contribution is -0.175. The Balaban J connectivity index is 1.78. The second kappa shape index (κ2) is 9.72. The first kappa shape index (κ1) is 24.4. The van der Waals surface area contributed by atoms with Crippen molar-refractivity contribution < 1.29 is 38.3 Å². The van der Waals surface area contributed by atoms with E-state index >= 15 is 0 Å². The standard InChI is InChI=1S/C18H33N2O8PS/c1-5-6-10-7-11(20(3)8-10)17(23)19-12(9(2)21)14-16-15(27-29(24,25)28-16)13(22)18(26-14)30-4/h9-16,18,21-22H,5-8H2,1-4H3,(H,19,23)(H,24,25)/t9-,10-,11+,12-,13-,14-,15-,16+,18-/m1/s1. The van der Waals surface area contributed by atoms with E-state index in [2.05, 4.69) is 12.2 Å². The van der Waals surface area contributed by atoms with Crippen molar-refractivity contribution in [3.63, 3.8) is 0 Å². The van der Waals surface area contributed by atoms with E-state index in [9.17, 15) is 24.5 Å². The Bertz CT molecular complexity index is 670. The van der Waals surface area contributed by atoms with Crippen LogP contribution in [0.5, 0.6) is 0 Å². The number of carbonyl (C=O) groups is 1. The molecule has 0 aromatic carbocycles. The minimum absolute atomic E-state index is 0.236. The van der Waals surface area contributed by atoms with Crippen molar-refractivity contribution in [3.05, 3.63) is 0 Å². The zero-order chi connectivity index (χ0) is 22.2. The lowest BCUT2D eigenvalue weighted by Crippen LogP contribution is -2.65. The molecule has 0 saturated carbocycles. The number of phosphoric acid groups is 1. The summed E-state index contributed by atoms with van der Waals surface area (Å²) in [6.45, 7) is 4.46. The van der Waals surface area contributed by atoms with Gasteiger partial charge in [-0.25, -0.2) is 4.57 Å². The molecule has 174 valence electrons. The summed E-state index contributed by atoms with van der Waals surface area (Å²) in [5.41, 5.74) is -0.765. The zero-order valence-corrected chi connectivity index (χ0v) is 19.4. The number of aliphatic hydroxyl groups is 2. The third-order valence-electron chi connectivity index (χ3n) is 6.11. The highest BCUT2D eigenvalue weighted by molar-refractivity contribution is 7.99. The minimum atomic E-state index is -4.36. The first-order valence-corrected chi connectivity index (χ1v) is 13.1. The molecule has 0 spiro atoms. The van der Waals surface area contributed by atoms with Crippen molar-refractivity contribution in [2.75, 3.05) is 19.8 Å². The number of carbonyl (C=O) groups excluding carboxylic acids is 1. The lowest BCUT2D eigenvalue weighted by Gasteiger charge is -2.43. The molecule has 0 radical (unpaired) electrons. The summed E-state index contributed by atoms with van der Waals surface area (Å²) >= 11 is 1.20. The molecule has 1 unspecified atom stereocenters. The van der Waals surface area contributed by atoms with Crippen molar-refractivity contribution in [1.82, 2.24) is 10.2 Å². The average Bonchev–Trinajstić information content (AvgIpc) is 3.19. The van der Waals surface area contributed by atoms with E-state index in [1.54, 1.807) is 6.26 Å². The van der Waals surface area contributed by atoms with Gasteiger partial charge in [-0.3, -0.25) is 18.7 Å². The van der Waals surface area contributed by atoms with Crippen molar-refractivity contribution >= 4 is 25.5 Å². The van der Waals surface area contributed by atoms with Crippen molar-refractivity contribution in [2.24, 2.45) is 5.92 Å². The number of nitrogens with one attached hydrogen (secondary N) is 1. The average molecular weight is 469 g/mol. The van der Waals surface area contributed by atoms with Crippen molar-refractivity contribution in [2.45, 2.75) is 81.1 Å². The number of phosphoric ester groups is 1. The number of aliphatic hydroxyl groups excluding tert-OH is 2. The van der Waals surface area contributed by atoms with Crippen LogP contribution in [0.4, 0.5) is 0 Å². The normalized spacial score (nSPS) is 43.9. The summed E-state index contributed by atoms with van der Waals surface area (Å²) in [7, 11) is -2.46. The topological polar surface area (TPSA) is 138 Å². The number of thioether (sulfide) groups is 1. The third-order valence-corrected chi connectivity index (χ3v) is 7.99. The largest absolute Gasteiger partial charge is 0.473 e. The van der Waals surface area contributed by atoms with Crippen molar-refractivity contribution in [3.8, 4) is 0 Å². The number of amides is 1. The zero-order valence-electron chi connectivity index (χ0n) is 17.7. The first-order valence-electron chi connectivity index (χ1n) is 10.3. The Morgan fingerprint density at radius 1 is 1.37 bits per heavy atom. The van der Waals surface area contributed by atoms with Crippen LogP contribution in [0.15, 0.2) is 0 Å². The quantitative estimate of drug-likeness (QED) is 0.386. The third kappa shape index (κ3) is 5.05. The van der Waals surface area contributed by atoms with Gasteiger partial charge in [-0.1, -0.05) is 13.3 Å². The molecule has 12 heteroatoms. The van der Waals surface area contributed by atoms with Gasteiger partial charge in [-0.2, -0.15) is 0 Å². The summed E-state index contributed by atoms with van der Waals surface area (Å²) in [4.78, 5) is 24.8. The molecule has 0 aromatic heterocycles. The van der Waals surface area contributed by atoms with E-state index < -0.39 is 49.8 Å². The van der Waals surface area contributed by atoms with Gasteiger partial charge in [0.2, 0.25) is 5.91 Å².